The smallest absolute Gasteiger partial charge is 0.253 e. The molecule has 0 aromatic heterocycles. The van der Waals surface area contributed by atoms with E-state index in [4.69, 9.17) is 4.74 Å². The lowest BCUT2D eigenvalue weighted by Crippen LogP contribution is -2.33. The first-order valence-electron chi connectivity index (χ1n) is 9.29. The third-order valence-electron chi connectivity index (χ3n) is 4.04. The lowest BCUT2D eigenvalue weighted by Gasteiger charge is -2.24. The molecular weight excluding hydrogens is 376 g/mol. The molecule has 0 saturated carbocycles. The van der Waals surface area contributed by atoms with Crippen molar-refractivity contribution >= 4 is 21.6 Å². The van der Waals surface area contributed by atoms with E-state index in [1.54, 1.807) is 24.3 Å². The normalized spacial score (nSPS) is 11.4. The maximum absolute atomic E-state index is 12.7. The van der Waals surface area contributed by atoms with Crippen LogP contribution in [0.25, 0.3) is 0 Å². The molecule has 152 valence electrons. The van der Waals surface area contributed by atoms with Gasteiger partial charge in [0.2, 0.25) is 10.0 Å². The Hall–Kier alpha value is -2.38. The minimum atomic E-state index is -3.58. The molecule has 0 fully saturated rings. The number of benzene rings is 2. The molecule has 0 unspecified atom stereocenters. The Morgan fingerprint density at radius 1 is 1.07 bits per heavy atom. The summed E-state index contributed by atoms with van der Waals surface area (Å²) in [5, 5.41) is 2.84. The van der Waals surface area contributed by atoms with E-state index in [1.165, 1.54) is 4.31 Å². The van der Waals surface area contributed by atoms with E-state index in [9.17, 15) is 13.2 Å². The summed E-state index contributed by atoms with van der Waals surface area (Å²) in [5.41, 5.74) is 1.53. The number of nitrogens with zero attached hydrogens (tertiary/aromatic N) is 1. The first kappa shape index (κ1) is 21.9. The van der Waals surface area contributed by atoms with Gasteiger partial charge in [0, 0.05) is 13.2 Å². The SMILES string of the molecule is CC(C)OCCCNC(=O)c1ccccc1N(Cc1ccccc1)S(C)(=O)=O. The van der Waals surface area contributed by atoms with Gasteiger partial charge in [0.05, 0.1) is 30.2 Å². The fourth-order valence-electron chi connectivity index (χ4n) is 2.70. The Labute approximate surface area is 167 Å². The predicted molar refractivity (Wildman–Crippen MR) is 112 cm³/mol. The molecule has 0 atom stereocenters. The molecule has 0 spiro atoms. The van der Waals surface area contributed by atoms with Crippen LogP contribution in [0.15, 0.2) is 54.6 Å². The highest BCUT2D eigenvalue weighted by Gasteiger charge is 2.23. The molecular formula is C21H28N2O4S. The van der Waals surface area contributed by atoms with Crippen molar-refractivity contribution in [2.45, 2.75) is 32.9 Å². The van der Waals surface area contributed by atoms with Crippen LogP contribution in [0.3, 0.4) is 0 Å². The molecule has 2 aromatic carbocycles. The van der Waals surface area contributed by atoms with E-state index in [0.29, 0.717) is 30.8 Å². The standard InChI is InChI=1S/C21H28N2O4S/c1-17(2)27-15-9-14-22-21(24)19-12-7-8-13-20(19)23(28(3,25)26)16-18-10-5-4-6-11-18/h4-8,10-13,17H,9,14-16H2,1-3H3,(H,22,24). The van der Waals surface area contributed by atoms with Crippen LogP contribution >= 0.6 is 0 Å². The monoisotopic (exact) mass is 404 g/mol. The molecule has 0 radical (unpaired) electrons. The van der Waals surface area contributed by atoms with E-state index in [2.05, 4.69) is 5.32 Å². The Morgan fingerprint density at radius 2 is 1.71 bits per heavy atom. The maximum atomic E-state index is 12.7. The van der Waals surface area contributed by atoms with Crippen molar-refractivity contribution in [1.82, 2.24) is 5.32 Å². The maximum Gasteiger partial charge on any atom is 0.253 e. The molecule has 0 aliphatic carbocycles. The molecule has 7 heteroatoms. The van der Waals surface area contributed by atoms with Crippen LogP contribution in [0.1, 0.15) is 36.2 Å². The highest BCUT2D eigenvalue weighted by Crippen LogP contribution is 2.25. The third-order valence-corrected chi connectivity index (χ3v) is 5.17. The van der Waals surface area contributed by atoms with Crippen molar-refractivity contribution in [2.24, 2.45) is 0 Å². The number of rotatable bonds is 10. The van der Waals surface area contributed by atoms with Gasteiger partial charge in [-0.1, -0.05) is 42.5 Å². The average molecular weight is 405 g/mol. The number of anilines is 1. The van der Waals surface area contributed by atoms with E-state index >= 15 is 0 Å². The van der Waals surface area contributed by atoms with Crippen LogP contribution in [0.2, 0.25) is 0 Å². The van der Waals surface area contributed by atoms with Crippen LogP contribution in [0, 0.1) is 0 Å². The van der Waals surface area contributed by atoms with Crippen molar-refractivity contribution in [3.8, 4) is 0 Å². The van der Waals surface area contributed by atoms with Crippen molar-refractivity contribution in [2.75, 3.05) is 23.7 Å². The largest absolute Gasteiger partial charge is 0.379 e. The van der Waals surface area contributed by atoms with E-state index < -0.39 is 10.0 Å². The van der Waals surface area contributed by atoms with E-state index in [-0.39, 0.29) is 18.6 Å². The average Bonchev–Trinajstić information content (AvgIpc) is 2.65. The van der Waals surface area contributed by atoms with Crippen LogP contribution in [0.4, 0.5) is 5.69 Å². The Morgan fingerprint density at radius 3 is 2.36 bits per heavy atom. The van der Waals surface area contributed by atoms with Gasteiger partial charge >= 0.3 is 0 Å². The number of hydrogen-bond donors (Lipinski definition) is 1. The predicted octanol–water partition coefficient (Wildman–Crippen LogP) is 3.20. The van der Waals surface area contributed by atoms with E-state index in [0.717, 1.165) is 11.8 Å². The van der Waals surface area contributed by atoms with Gasteiger partial charge in [-0.3, -0.25) is 9.10 Å². The van der Waals surface area contributed by atoms with Crippen molar-refractivity contribution in [3.05, 3.63) is 65.7 Å². The van der Waals surface area contributed by atoms with E-state index in [1.807, 2.05) is 44.2 Å². The zero-order chi connectivity index (χ0) is 20.6. The summed E-state index contributed by atoms with van der Waals surface area (Å²) < 4.78 is 31.6. The first-order valence-corrected chi connectivity index (χ1v) is 11.1. The number of carbonyl (C=O) groups is 1. The molecule has 1 amide bonds. The topological polar surface area (TPSA) is 75.7 Å². The second kappa shape index (κ2) is 10.2. The number of carbonyl (C=O) groups excluding carboxylic acids is 1. The molecule has 2 aromatic rings. The fourth-order valence-corrected chi connectivity index (χ4v) is 3.60. The molecule has 6 nitrogen and oxygen atoms in total. The summed E-state index contributed by atoms with van der Waals surface area (Å²) in [6, 6.07) is 16.0. The fraction of sp³-hybridized carbons (Fsp3) is 0.381. The Balaban J connectivity index is 2.18. The van der Waals surface area contributed by atoms with Crippen LogP contribution in [-0.4, -0.2) is 39.8 Å². The summed E-state index contributed by atoms with van der Waals surface area (Å²) in [7, 11) is -3.58. The minimum absolute atomic E-state index is 0.151. The second-order valence-electron chi connectivity index (χ2n) is 6.80. The van der Waals surface area contributed by atoms with Crippen molar-refractivity contribution in [3.63, 3.8) is 0 Å². The number of sulfonamides is 1. The molecule has 0 aliphatic heterocycles. The number of amides is 1. The third kappa shape index (κ3) is 6.65. The zero-order valence-electron chi connectivity index (χ0n) is 16.6. The number of hydrogen-bond acceptors (Lipinski definition) is 4. The van der Waals surface area contributed by atoms with Gasteiger partial charge in [-0.05, 0) is 38.0 Å². The first-order chi connectivity index (χ1) is 13.3. The van der Waals surface area contributed by atoms with Gasteiger partial charge in [0.1, 0.15) is 0 Å². The van der Waals surface area contributed by atoms with Crippen molar-refractivity contribution in [1.29, 1.82) is 0 Å². The van der Waals surface area contributed by atoms with Crippen LogP contribution in [0.5, 0.6) is 0 Å². The minimum Gasteiger partial charge on any atom is -0.379 e. The number of ether oxygens (including phenoxy) is 1. The molecule has 0 aliphatic rings. The summed E-state index contributed by atoms with van der Waals surface area (Å²) in [5.74, 6) is -0.304. The van der Waals surface area contributed by atoms with Gasteiger partial charge < -0.3 is 10.1 Å². The summed E-state index contributed by atoms with van der Waals surface area (Å²) >= 11 is 0. The van der Waals surface area contributed by atoms with Gasteiger partial charge in [0.15, 0.2) is 0 Å². The zero-order valence-corrected chi connectivity index (χ0v) is 17.4. The van der Waals surface area contributed by atoms with Gasteiger partial charge in [-0.25, -0.2) is 8.42 Å². The highest BCUT2D eigenvalue weighted by molar-refractivity contribution is 7.92. The molecule has 1 N–H and O–H groups in total. The number of para-hydroxylation sites is 1. The lowest BCUT2D eigenvalue weighted by molar-refractivity contribution is 0.0757. The van der Waals surface area contributed by atoms with Gasteiger partial charge in [-0.15, -0.1) is 0 Å². The summed E-state index contributed by atoms with van der Waals surface area (Å²) in [6.45, 7) is 5.09. The highest BCUT2D eigenvalue weighted by atomic mass is 32.2. The van der Waals surface area contributed by atoms with Crippen LogP contribution < -0.4 is 9.62 Å². The van der Waals surface area contributed by atoms with Crippen LogP contribution in [-0.2, 0) is 21.3 Å². The molecule has 2 rings (SSSR count). The summed E-state index contributed by atoms with van der Waals surface area (Å²) in [6.07, 6.45) is 1.98. The quantitative estimate of drug-likeness (QED) is 0.617. The lowest BCUT2D eigenvalue weighted by atomic mass is 10.1. The Kier molecular flexibility index (Phi) is 8.02. The van der Waals surface area contributed by atoms with Gasteiger partial charge in [-0.2, -0.15) is 0 Å². The number of nitrogens with one attached hydrogen (secondary N) is 1. The second-order valence-corrected chi connectivity index (χ2v) is 8.71. The van der Waals surface area contributed by atoms with Crippen molar-refractivity contribution < 1.29 is 17.9 Å². The van der Waals surface area contributed by atoms with Gasteiger partial charge in [0.25, 0.3) is 5.91 Å². The molecule has 0 saturated heterocycles. The summed E-state index contributed by atoms with van der Waals surface area (Å²) in [4.78, 5) is 12.7. The molecule has 0 bridgehead atoms. The Bertz CT molecular complexity index is 867. The molecule has 28 heavy (non-hydrogen) atoms. The molecule has 0 heterocycles.